The Morgan fingerprint density at radius 1 is 0.694 bits per heavy atom. The zero-order valence-corrected chi connectivity index (χ0v) is 32.4. The van der Waals surface area contributed by atoms with Crippen molar-refractivity contribution in [3.05, 3.63) is 72.1 Å². The van der Waals surface area contributed by atoms with Crippen LogP contribution in [0.2, 0.25) is 0 Å². The van der Waals surface area contributed by atoms with Crippen LogP contribution in [-0.2, 0) is 32.7 Å². The van der Waals surface area contributed by atoms with Gasteiger partial charge in [-0.1, -0.05) is 26.7 Å². The van der Waals surface area contributed by atoms with Gasteiger partial charge in [0.25, 0.3) is 0 Å². The predicted molar refractivity (Wildman–Crippen MR) is 190 cm³/mol. The number of aliphatic hydroxyl groups excluding tert-OH is 2. The Morgan fingerprint density at radius 2 is 1.12 bits per heavy atom. The Kier molecular flexibility index (Phi) is 11.9. The van der Waals surface area contributed by atoms with Gasteiger partial charge < -0.3 is 19.7 Å². The maximum Gasteiger partial charge on any atom is 0.119 e. The minimum Gasteiger partial charge on any atom is -0.497 e. The van der Waals surface area contributed by atoms with Crippen LogP contribution in [-0.4, -0.2) is 82.5 Å². The summed E-state index contributed by atoms with van der Waals surface area (Å²) in [6.07, 6.45) is 9.95. The largest absolute Gasteiger partial charge is 0.497 e. The molecule has 2 aromatic carbocycles. The number of rotatable bonds is 8. The Morgan fingerprint density at radius 3 is 1.47 bits per heavy atom. The van der Waals surface area contributed by atoms with Gasteiger partial charge in [0, 0.05) is 81.0 Å². The summed E-state index contributed by atoms with van der Waals surface area (Å²) in [6.45, 7) is 9.09. The van der Waals surface area contributed by atoms with Crippen molar-refractivity contribution >= 4 is 21.8 Å². The Balaban J connectivity index is 0.000000167. The van der Waals surface area contributed by atoms with Gasteiger partial charge in [0.05, 0.1) is 37.5 Å². The van der Waals surface area contributed by atoms with E-state index in [0.717, 1.165) is 107 Å². The normalized spacial score (nSPS) is 29.8. The van der Waals surface area contributed by atoms with E-state index in [1.165, 1.54) is 25.7 Å². The fourth-order valence-electron chi connectivity index (χ4n) is 9.42. The smallest absolute Gasteiger partial charge is 0.119 e. The summed E-state index contributed by atoms with van der Waals surface area (Å²) >= 11 is 0. The topological polar surface area (TPSA) is 91.2 Å². The van der Waals surface area contributed by atoms with Crippen LogP contribution in [0, 0.1) is 23.7 Å². The molecule has 8 heterocycles. The number of ether oxygens (including phenoxy) is 2. The Bertz CT molecular complexity index is 1600. The molecule has 4 bridgehead atoms. The molecular formula is C40H52N4O4Y. The van der Waals surface area contributed by atoms with E-state index in [1.54, 1.807) is 26.6 Å². The van der Waals surface area contributed by atoms with Gasteiger partial charge in [0.2, 0.25) is 0 Å². The Hall–Kier alpha value is -2.20. The quantitative estimate of drug-likeness (QED) is 0.204. The molecule has 6 aliphatic rings. The molecule has 1 radical (unpaired) electrons. The van der Waals surface area contributed by atoms with E-state index in [0.29, 0.717) is 0 Å². The molecule has 2 aromatic heterocycles. The van der Waals surface area contributed by atoms with Crippen LogP contribution >= 0.6 is 0 Å². The molecule has 0 amide bonds. The average Bonchev–Trinajstić information content (AvgIpc) is 3.16. The van der Waals surface area contributed by atoms with Gasteiger partial charge in [0.1, 0.15) is 11.5 Å². The number of aromatic nitrogens is 2. The molecule has 259 valence electrons. The fraction of sp³-hybridized carbons (Fsp3) is 0.550. The van der Waals surface area contributed by atoms with E-state index < -0.39 is 12.2 Å². The summed E-state index contributed by atoms with van der Waals surface area (Å²) in [6, 6.07) is 16.1. The van der Waals surface area contributed by atoms with Gasteiger partial charge in [0.15, 0.2) is 0 Å². The van der Waals surface area contributed by atoms with E-state index >= 15 is 0 Å². The van der Waals surface area contributed by atoms with Crippen LogP contribution in [0.5, 0.6) is 11.5 Å². The molecule has 0 spiro atoms. The third kappa shape index (κ3) is 7.29. The summed E-state index contributed by atoms with van der Waals surface area (Å²) in [4.78, 5) is 13.9. The molecule has 9 heteroatoms. The van der Waals surface area contributed by atoms with Crippen LogP contribution in [0.15, 0.2) is 60.9 Å². The number of hydrogen-bond acceptors (Lipinski definition) is 8. The first-order valence-electron chi connectivity index (χ1n) is 18.1. The van der Waals surface area contributed by atoms with Crippen LogP contribution in [0.25, 0.3) is 21.8 Å². The number of aliphatic hydroxyl groups is 2. The third-order valence-electron chi connectivity index (χ3n) is 12.3. The number of benzene rings is 2. The molecule has 6 fully saturated rings. The second kappa shape index (κ2) is 16.0. The number of piperidine rings is 6. The van der Waals surface area contributed by atoms with Gasteiger partial charge >= 0.3 is 0 Å². The predicted octanol–water partition coefficient (Wildman–Crippen LogP) is 6.79. The van der Waals surface area contributed by atoms with Crippen molar-refractivity contribution in [2.75, 3.05) is 40.4 Å². The summed E-state index contributed by atoms with van der Waals surface area (Å²) in [7, 11) is 3.34. The van der Waals surface area contributed by atoms with Crippen molar-refractivity contribution in [2.24, 2.45) is 23.7 Å². The maximum absolute atomic E-state index is 11.2. The minimum atomic E-state index is -0.469. The van der Waals surface area contributed by atoms with Crippen LogP contribution < -0.4 is 9.47 Å². The number of fused-ring (bicyclic) bond motifs is 8. The number of nitrogens with zero attached hydrogens (tertiary/aromatic N) is 4. The SMILES string of the molecule is CCC1CN2CCC1C[C@@H]2[C@@H](O)c1ccnc2ccc(OC)cc12.CCC1CN2CC[C@H]1C[C@@H]2[C@@H](O)c1ccnc2ccc(OC)cc12.[Y]. The maximum atomic E-state index is 11.2. The second-order valence-electron chi connectivity index (χ2n) is 14.5. The molecule has 0 aliphatic carbocycles. The van der Waals surface area contributed by atoms with Crippen molar-refractivity contribution in [3.8, 4) is 11.5 Å². The first kappa shape index (κ1) is 36.6. The van der Waals surface area contributed by atoms with E-state index in [-0.39, 0.29) is 44.8 Å². The molecule has 10 rings (SSSR count). The van der Waals surface area contributed by atoms with Gasteiger partial charge in [-0.2, -0.15) is 0 Å². The number of methoxy groups -OCH3 is 2. The average molecular weight is 742 g/mol. The summed E-state index contributed by atoms with van der Waals surface area (Å²) in [5.41, 5.74) is 3.78. The first-order chi connectivity index (χ1) is 23.4. The Labute approximate surface area is 316 Å². The molecule has 8 nitrogen and oxygen atoms in total. The van der Waals surface area contributed by atoms with E-state index in [2.05, 4.69) is 33.6 Å². The molecule has 5 unspecified atom stereocenters. The van der Waals surface area contributed by atoms with Crippen molar-refractivity contribution < 1.29 is 52.4 Å². The summed E-state index contributed by atoms with van der Waals surface area (Å²) in [5, 5.41) is 24.4. The summed E-state index contributed by atoms with van der Waals surface area (Å²) < 4.78 is 10.7. The second-order valence-corrected chi connectivity index (χ2v) is 14.5. The van der Waals surface area contributed by atoms with Crippen LogP contribution in [0.1, 0.15) is 75.7 Å². The summed E-state index contributed by atoms with van der Waals surface area (Å²) in [5.74, 6) is 4.75. The molecule has 49 heavy (non-hydrogen) atoms. The molecular weight excluding hydrogens is 689 g/mol. The first-order valence-corrected chi connectivity index (χ1v) is 18.1. The van der Waals surface area contributed by atoms with Crippen molar-refractivity contribution in [1.82, 2.24) is 19.8 Å². The van der Waals surface area contributed by atoms with Crippen molar-refractivity contribution in [3.63, 3.8) is 0 Å². The van der Waals surface area contributed by atoms with Gasteiger partial charge in [-0.25, -0.2) is 0 Å². The van der Waals surface area contributed by atoms with Gasteiger partial charge in [-0.05, 0) is 122 Å². The molecule has 0 saturated carbocycles. The van der Waals surface area contributed by atoms with Crippen molar-refractivity contribution in [1.29, 1.82) is 0 Å². The van der Waals surface area contributed by atoms with Gasteiger partial charge in [-0.15, -0.1) is 0 Å². The number of hydrogen-bond donors (Lipinski definition) is 2. The van der Waals surface area contributed by atoms with Crippen LogP contribution in [0.4, 0.5) is 0 Å². The standard InChI is InChI=1S/2C20H26N2O2.Y/c2*1-3-13-12-22-9-7-14(13)10-19(22)20(23)16-6-8-21-18-5-4-15(24-2)11-17(16)18;/h2*4-6,8,11,13-14,19-20,23H,3,7,9-10,12H2,1-2H3;/t13?,14?,19-,20+;13?,14-,19+,20-;/m10./s1. The zero-order valence-electron chi connectivity index (χ0n) is 29.5. The third-order valence-corrected chi connectivity index (χ3v) is 12.3. The molecule has 4 aromatic rings. The number of pyridine rings is 2. The van der Waals surface area contributed by atoms with E-state index in [1.807, 2.05) is 48.5 Å². The monoisotopic (exact) mass is 741 g/mol. The van der Waals surface area contributed by atoms with Crippen molar-refractivity contribution in [2.45, 2.75) is 76.7 Å². The molecule has 2 N–H and O–H groups in total. The van der Waals surface area contributed by atoms with E-state index in [4.69, 9.17) is 9.47 Å². The van der Waals surface area contributed by atoms with Gasteiger partial charge in [-0.3, -0.25) is 19.8 Å². The minimum absolute atomic E-state index is 0. The van der Waals surface area contributed by atoms with Crippen LogP contribution in [0.3, 0.4) is 0 Å². The molecule has 6 aliphatic heterocycles. The zero-order chi connectivity index (χ0) is 33.4. The fourth-order valence-corrected chi connectivity index (χ4v) is 9.42. The van der Waals surface area contributed by atoms with E-state index in [9.17, 15) is 10.2 Å². The molecule has 6 saturated heterocycles. The molecule has 10 atom stereocenters.